The smallest absolute Gasteiger partial charge is 0.159 e. The number of fused-ring (bicyclic) bond motifs is 4. The van der Waals surface area contributed by atoms with Crippen molar-refractivity contribution >= 4 is 43.9 Å². The summed E-state index contributed by atoms with van der Waals surface area (Å²) in [7, 11) is 0. The number of benzene rings is 2. The van der Waals surface area contributed by atoms with Gasteiger partial charge in [-0.05, 0) is 55.9 Å². The minimum Gasteiger partial charge on any atom is -0.260 e. The van der Waals surface area contributed by atoms with Crippen molar-refractivity contribution in [2.24, 2.45) is 5.10 Å². The summed E-state index contributed by atoms with van der Waals surface area (Å²) in [5.41, 5.74) is 6.78. The number of anilines is 1. The summed E-state index contributed by atoms with van der Waals surface area (Å²) >= 11 is 1.82. The van der Waals surface area contributed by atoms with Gasteiger partial charge in [0.05, 0.1) is 11.1 Å². The minimum absolute atomic E-state index is 0.784. The summed E-state index contributed by atoms with van der Waals surface area (Å²) in [6, 6.07) is 14.8. The zero-order chi connectivity index (χ0) is 19.1. The highest BCUT2D eigenvalue weighted by atomic mass is 32.1. The zero-order valence-electron chi connectivity index (χ0n) is 16.1. The second-order valence-corrected chi connectivity index (χ2v) is 8.43. The van der Waals surface area contributed by atoms with E-state index >= 15 is 0 Å². The van der Waals surface area contributed by atoms with E-state index in [0.717, 1.165) is 40.6 Å². The summed E-state index contributed by atoms with van der Waals surface area (Å²) in [5.74, 6) is 1.62. The van der Waals surface area contributed by atoms with Gasteiger partial charge in [0, 0.05) is 10.4 Å². The number of hydrogen-bond acceptors (Lipinski definition) is 5. The molecule has 0 atom stereocenters. The first-order valence-electron chi connectivity index (χ1n) is 9.78. The number of thiophene rings is 1. The Morgan fingerprint density at radius 1 is 1.04 bits per heavy atom. The molecule has 2 aromatic carbocycles. The second kappa shape index (κ2) is 6.99. The number of aromatic nitrogens is 2. The maximum absolute atomic E-state index is 4.72. The molecule has 0 unspecified atom stereocenters. The highest BCUT2D eigenvalue weighted by Crippen LogP contribution is 2.38. The van der Waals surface area contributed by atoms with Crippen LogP contribution in [0.2, 0.25) is 0 Å². The van der Waals surface area contributed by atoms with Crippen LogP contribution in [-0.4, -0.2) is 15.7 Å². The van der Waals surface area contributed by atoms with Gasteiger partial charge >= 0.3 is 0 Å². The van der Waals surface area contributed by atoms with Crippen molar-refractivity contribution in [2.45, 2.75) is 39.5 Å². The largest absolute Gasteiger partial charge is 0.260 e. The quantitative estimate of drug-likeness (QED) is 0.354. The van der Waals surface area contributed by atoms with Crippen LogP contribution < -0.4 is 5.43 Å². The number of nitrogens with one attached hydrogen (secondary N) is 1. The van der Waals surface area contributed by atoms with Gasteiger partial charge in [0.15, 0.2) is 5.82 Å². The van der Waals surface area contributed by atoms with E-state index in [9.17, 15) is 0 Å². The molecule has 0 bridgehead atoms. The molecule has 4 aromatic rings. The summed E-state index contributed by atoms with van der Waals surface area (Å²) in [6.07, 6.45) is 4.79. The molecule has 0 saturated heterocycles. The molecule has 0 aliphatic heterocycles. The number of nitrogens with zero attached hydrogens (tertiary/aromatic N) is 3. The first kappa shape index (κ1) is 17.3. The number of hydrazone groups is 1. The zero-order valence-corrected chi connectivity index (χ0v) is 16.9. The number of rotatable bonds is 3. The molecule has 5 rings (SSSR count). The van der Waals surface area contributed by atoms with E-state index in [2.05, 4.69) is 57.9 Å². The standard InChI is InChI=1S/C23H22N4S/c1-14(17-12-7-9-16-8-3-4-10-18(16)17)26-27-22-21-19-11-5-6-13-20(19)28-23(21)25-15(2)24-22/h3-4,7-10,12H,5-6,11,13H2,1-2H3,(H,24,25,27)/b26-14-. The van der Waals surface area contributed by atoms with Crippen LogP contribution in [0.3, 0.4) is 0 Å². The Morgan fingerprint density at radius 2 is 1.86 bits per heavy atom. The third-order valence-corrected chi connectivity index (χ3v) is 6.62. The lowest BCUT2D eigenvalue weighted by atomic mass is 9.97. The van der Waals surface area contributed by atoms with Crippen LogP contribution in [0.15, 0.2) is 47.6 Å². The van der Waals surface area contributed by atoms with Crippen LogP contribution in [-0.2, 0) is 12.8 Å². The van der Waals surface area contributed by atoms with Crippen LogP contribution in [0, 0.1) is 6.92 Å². The van der Waals surface area contributed by atoms with Crippen LogP contribution in [0.1, 0.15) is 41.6 Å². The molecule has 4 nitrogen and oxygen atoms in total. The van der Waals surface area contributed by atoms with Gasteiger partial charge < -0.3 is 0 Å². The monoisotopic (exact) mass is 386 g/mol. The Balaban J connectivity index is 1.57. The first-order chi connectivity index (χ1) is 13.7. The fraction of sp³-hybridized carbons (Fsp3) is 0.261. The summed E-state index contributed by atoms with van der Waals surface area (Å²) in [5, 5.41) is 8.32. The molecule has 1 aliphatic carbocycles. The van der Waals surface area contributed by atoms with Crippen LogP contribution >= 0.6 is 11.3 Å². The van der Waals surface area contributed by atoms with Gasteiger partial charge in [0.2, 0.25) is 0 Å². The molecule has 0 saturated carbocycles. The minimum atomic E-state index is 0.784. The molecular formula is C23H22N4S. The summed E-state index contributed by atoms with van der Waals surface area (Å²) in [6.45, 7) is 3.99. The Morgan fingerprint density at radius 3 is 2.79 bits per heavy atom. The van der Waals surface area contributed by atoms with Gasteiger partial charge in [-0.3, -0.25) is 5.43 Å². The van der Waals surface area contributed by atoms with Gasteiger partial charge in [-0.1, -0.05) is 42.5 Å². The molecule has 1 aliphatic rings. The van der Waals surface area contributed by atoms with E-state index in [1.807, 2.05) is 25.2 Å². The summed E-state index contributed by atoms with van der Waals surface area (Å²) < 4.78 is 0. The molecule has 2 aromatic heterocycles. The SMILES string of the molecule is C/C(=N/Nc1nc(C)nc2sc3c(c12)CCCC3)c1cccc2ccccc12. The van der Waals surface area contributed by atoms with Crippen molar-refractivity contribution in [3.63, 3.8) is 0 Å². The van der Waals surface area contributed by atoms with E-state index < -0.39 is 0 Å². The maximum Gasteiger partial charge on any atom is 0.159 e. The predicted molar refractivity (Wildman–Crippen MR) is 119 cm³/mol. The number of aryl methyl sites for hydroxylation is 3. The molecule has 140 valence electrons. The van der Waals surface area contributed by atoms with E-state index in [1.54, 1.807) is 0 Å². The lowest BCUT2D eigenvalue weighted by molar-refractivity contribution is 0.700. The lowest BCUT2D eigenvalue weighted by Crippen LogP contribution is -2.04. The van der Waals surface area contributed by atoms with Crippen molar-refractivity contribution in [1.29, 1.82) is 0 Å². The van der Waals surface area contributed by atoms with Gasteiger partial charge in [0.1, 0.15) is 10.7 Å². The average Bonchev–Trinajstić information content (AvgIpc) is 3.09. The molecule has 0 spiro atoms. The molecule has 0 amide bonds. The Bertz CT molecular complexity index is 1220. The van der Waals surface area contributed by atoms with Gasteiger partial charge in [-0.25, -0.2) is 9.97 Å². The van der Waals surface area contributed by atoms with Crippen LogP contribution in [0.5, 0.6) is 0 Å². The van der Waals surface area contributed by atoms with Crippen molar-refractivity contribution in [2.75, 3.05) is 5.43 Å². The van der Waals surface area contributed by atoms with Crippen molar-refractivity contribution < 1.29 is 0 Å². The molecule has 0 radical (unpaired) electrons. The Kier molecular flexibility index (Phi) is 4.32. The molecule has 5 heteroatoms. The molecule has 2 heterocycles. The topological polar surface area (TPSA) is 50.2 Å². The molecule has 0 fully saturated rings. The number of hydrogen-bond donors (Lipinski definition) is 1. The molecular weight excluding hydrogens is 364 g/mol. The second-order valence-electron chi connectivity index (χ2n) is 7.35. The average molecular weight is 387 g/mol. The van der Waals surface area contributed by atoms with E-state index in [1.165, 1.54) is 39.4 Å². The maximum atomic E-state index is 4.72. The predicted octanol–water partition coefficient (Wildman–Crippen LogP) is 5.87. The third kappa shape index (κ3) is 2.96. The van der Waals surface area contributed by atoms with Gasteiger partial charge in [-0.2, -0.15) is 5.10 Å². The lowest BCUT2D eigenvalue weighted by Gasteiger charge is -2.12. The third-order valence-electron chi connectivity index (χ3n) is 5.44. The Hall–Kier alpha value is -2.79. The van der Waals surface area contributed by atoms with Crippen molar-refractivity contribution in [3.05, 3.63) is 64.3 Å². The fourth-order valence-electron chi connectivity index (χ4n) is 4.08. The molecule has 1 N–H and O–H groups in total. The van der Waals surface area contributed by atoms with Crippen LogP contribution in [0.4, 0.5) is 5.82 Å². The van der Waals surface area contributed by atoms with E-state index in [4.69, 9.17) is 5.10 Å². The summed E-state index contributed by atoms with van der Waals surface area (Å²) in [4.78, 5) is 11.9. The Labute approximate surface area is 168 Å². The van der Waals surface area contributed by atoms with E-state index in [0.29, 0.717) is 0 Å². The van der Waals surface area contributed by atoms with Crippen LogP contribution in [0.25, 0.3) is 21.0 Å². The normalized spacial score (nSPS) is 14.4. The first-order valence-corrected chi connectivity index (χ1v) is 10.6. The highest BCUT2D eigenvalue weighted by molar-refractivity contribution is 7.19. The van der Waals surface area contributed by atoms with Crippen molar-refractivity contribution in [3.8, 4) is 0 Å². The fourth-order valence-corrected chi connectivity index (χ4v) is 5.39. The molecule has 28 heavy (non-hydrogen) atoms. The van der Waals surface area contributed by atoms with Crippen molar-refractivity contribution in [1.82, 2.24) is 9.97 Å². The highest BCUT2D eigenvalue weighted by Gasteiger charge is 2.20. The van der Waals surface area contributed by atoms with Gasteiger partial charge in [0.25, 0.3) is 0 Å². The van der Waals surface area contributed by atoms with E-state index in [-0.39, 0.29) is 0 Å². The van der Waals surface area contributed by atoms with Gasteiger partial charge in [-0.15, -0.1) is 11.3 Å².